The lowest BCUT2D eigenvalue weighted by Gasteiger charge is -2.25. The van der Waals surface area contributed by atoms with E-state index in [1.165, 1.54) is 0 Å². The monoisotopic (exact) mass is 418 g/mol. The Labute approximate surface area is 178 Å². The van der Waals surface area contributed by atoms with Crippen molar-refractivity contribution in [1.82, 2.24) is 5.32 Å². The summed E-state index contributed by atoms with van der Waals surface area (Å²) in [5.41, 5.74) is 2.88. The van der Waals surface area contributed by atoms with Gasteiger partial charge in [-0.15, -0.1) is 0 Å². The first-order valence-electron chi connectivity index (χ1n) is 9.93. The van der Waals surface area contributed by atoms with Gasteiger partial charge < -0.3 is 20.1 Å². The second kappa shape index (κ2) is 10.5. The topological polar surface area (TPSA) is 59.6 Å². The maximum atomic E-state index is 12.2. The number of carbonyl (C=O) groups is 1. The first-order valence-corrected chi connectivity index (χ1v) is 10.3. The van der Waals surface area contributed by atoms with Gasteiger partial charge in [-0.05, 0) is 63.9 Å². The molecule has 0 aliphatic heterocycles. The molecule has 0 saturated carbocycles. The Kier molecular flexibility index (Phi) is 8.35. The van der Waals surface area contributed by atoms with Crippen molar-refractivity contribution in [3.05, 3.63) is 52.5 Å². The first kappa shape index (κ1) is 23.0. The van der Waals surface area contributed by atoms with E-state index in [1.807, 2.05) is 50.2 Å². The number of amides is 1. The number of benzene rings is 2. The maximum absolute atomic E-state index is 12.2. The highest BCUT2D eigenvalue weighted by Crippen LogP contribution is 2.37. The molecule has 29 heavy (non-hydrogen) atoms. The maximum Gasteiger partial charge on any atom is 0.262 e. The van der Waals surface area contributed by atoms with Gasteiger partial charge in [0.15, 0.2) is 18.1 Å². The van der Waals surface area contributed by atoms with E-state index in [1.54, 1.807) is 0 Å². The zero-order chi connectivity index (χ0) is 21.4. The number of nitrogens with one attached hydrogen (secondary N) is 2. The van der Waals surface area contributed by atoms with E-state index in [2.05, 4.69) is 31.4 Å². The summed E-state index contributed by atoms with van der Waals surface area (Å²) in [6, 6.07) is 11.3. The van der Waals surface area contributed by atoms with Gasteiger partial charge in [0.2, 0.25) is 0 Å². The fourth-order valence-electron chi connectivity index (χ4n) is 2.56. The van der Waals surface area contributed by atoms with E-state index in [9.17, 15) is 4.79 Å². The van der Waals surface area contributed by atoms with Crippen LogP contribution in [0.2, 0.25) is 5.02 Å². The molecule has 2 N–H and O–H groups in total. The summed E-state index contributed by atoms with van der Waals surface area (Å²) in [4.78, 5) is 12.2. The highest BCUT2D eigenvalue weighted by atomic mass is 35.5. The average molecular weight is 419 g/mol. The number of rotatable bonds is 10. The van der Waals surface area contributed by atoms with Crippen molar-refractivity contribution >= 4 is 23.2 Å². The molecule has 0 unspecified atom stereocenters. The van der Waals surface area contributed by atoms with Gasteiger partial charge in [-0.2, -0.15) is 0 Å². The van der Waals surface area contributed by atoms with Crippen LogP contribution in [0.25, 0.3) is 0 Å². The van der Waals surface area contributed by atoms with Crippen LogP contribution in [0.3, 0.4) is 0 Å². The Morgan fingerprint density at radius 1 is 1.10 bits per heavy atom. The third-order valence-corrected chi connectivity index (χ3v) is 4.99. The highest BCUT2D eigenvalue weighted by Gasteiger charge is 2.17. The zero-order valence-corrected chi connectivity index (χ0v) is 18.7. The lowest BCUT2D eigenvalue weighted by Crippen LogP contribution is -2.37. The van der Waals surface area contributed by atoms with Gasteiger partial charge in [0.05, 0.1) is 11.6 Å². The van der Waals surface area contributed by atoms with Crippen molar-refractivity contribution in [2.75, 3.05) is 18.5 Å². The molecule has 0 aliphatic carbocycles. The molecule has 0 bridgehead atoms. The molecule has 2 aromatic carbocycles. The summed E-state index contributed by atoms with van der Waals surface area (Å²) >= 11 is 6.45. The van der Waals surface area contributed by atoms with Crippen LogP contribution in [-0.4, -0.2) is 24.7 Å². The summed E-state index contributed by atoms with van der Waals surface area (Å²) in [6.45, 7) is 11.3. The Morgan fingerprint density at radius 2 is 1.79 bits per heavy atom. The number of hydrogen-bond acceptors (Lipinski definition) is 4. The third-order valence-electron chi connectivity index (χ3n) is 4.71. The lowest BCUT2D eigenvalue weighted by atomic mass is 10.0. The first-order chi connectivity index (χ1) is 13.7. The Morgan fingerprint density at radius 3 is 2.41 bits per heavy atom. The van der Waals surface area contributed by atoms with Crippen LogP contribution in [0, 0.1) is 6.92 Å². The van der Waals surface area contributed by atoms with Crippen molar-refractivity contribution < 1.29 is 14.3 Å². The molecule has 0 radical (unpaired) electrons. The standard InChI is InChI=1S/C23H31ClN2O3/c1-6-23(4,5)25-14-17-12-19(24)22(20(13-17)28-7-2)29-15-21(27)26-18-10-8-16(3)9-11-18/h8-13,25H,6-7,14-15H2,1-5H3,(H,26,27). The number of carbonyl (C=O) groups excluding carboxylic acids is 1. The number of aryl methyl sites for hydroxylation is 1. The molecule has 2 aromatic rings. The van der Waals surface area contributed by atoms with E-state index in [0.29, 0.717) is 29.7 Å². The zero-order valence-electron chi connectivity index (χ0n) is 17.9. The predicted octanol–water partition coefficient (Wildman–Crippen LogP) is 5.34. The molecule has 5 nitrogen and oxygen atoms in total. The van der Waals surface area contributed by atoms with Crippen molar-refractivity contribution in [3.8, 4) is 11.5 Å². The van der Waals surface area contributed by atoms with Gasteiger partial charge in [-0.1, -0.05) is 36.2 Å². The van der Waals surface area contributed by atoms with Crippen molar-refractivity contribution in [2.24, 2.45) is 0 Å². The minimum absolute atomic E-state index is 0.0293. The Balaban J connectivity index is 2.06. The van der Waals surface area contributed by atoms with Crippen LogP contribution in [0.4, 0.5) is 5.69 Å². The second-order valence-corrected chi connectivity index (χ2v) is 8.04. The van der Waals surface area contributed by atoms with E-state index in [0.717, 1.165) is 23.2 Å². The molecule has 0 aromatic heterocycles. The molecular weight excluding hydrogens is 388 g/mol. The number of anilines is 1. The average Bonchev–Trinajstić information content (AvgIpc) is 2.68. The van der Waals surface area contributed by atoms with Gasteiger partial charge in [0, 0.05) is 17.8 Å². The number of hydrogen-bond donors (Lipinski definition) is 2. The summed E-state index contributed by atoms with van der Waals surface area (Å²) in [6.07, 6.45) is 1.01. The van der Waals surface area contributed by atoms with Gasteiger partial charge in [0.1, 0.15) is 0 Å². The smallest absolute Gasteiger partial charge is 0.262 e. The molecule has 2 rings (SSSR count). The molecule has 0 aliphatic rings. The van der Waals surface area contributed by atoms with Gasteiger partial charge in [0.25, 0.3) is 5.91 Å². The highest BCUT2D eigenvalue weighted by molar-refractivity contribution is 6.32. The van der Waals surface area contributed by atoms with Crippen LogP contribution in [0.15, 0.2) is 36.4 Å². The second-order valence-electron chi connectivity index (χ2n) is 7.63. The Hall–Kier alpha value is -2.24. The lowest BCUT2D eigenvalue weighted by molar-refractivity contribution is -0.118. The minimum atomic E-state index is -0.261. The minimum Gasteiger partial charge on any atom is -0.490 e. The molecule has 0 spiro atoms. The number of halogens is 1. The molecule has 1 amide bonds. The van der Waals surface area contributed by atoms with Crippen LogP contribution < -0.4 is 20.1 Å². The van der Waals surface area contributed by atoms with E-state index in [4.69, 9.17) is 21.1 Å². The van der Waals surface area contributed by atoms with E-state index >= 15 is 0 Å². The molecule has 6 heteroatoms. The number of ether oxygens (including phenoxy) is 2. The summed E-state index contributed by atoms with van der Waals surface area (Å²) in [7, 11) is 0. The summed E-state index contributed by atoms with van der Waals surface area (Å²) in [5, 5.41) is 6.73. The van der Waals surface area contributed by atoms with E-state index in [-0.39, 0.29) is 18.1 Å². The largest absolute Gasteiger partial charge is 0.490 e. The summed E-state index contributed by atoms with van der Waals surface area (Å²) < 4.78 is 11.4. The SMILES string of the molecule is CCOc1cc(CNC(C)(C)CC)cc(Cl)c1OCC(=O)Nc1ccc(C)cc1. The molecule has 158 valence electrons. The van der Waals surface area contributed by atoms with Crippen LogP contribution in [-0.2, 0) is 11.3 Å². The van der Waals surface area contributed by atoms with Crippen LogP contribution in [0.5, 0.6) is 11.5 Å². The third kappa shape index (κ3) is 7.26. The molecule has 0 fully saturated rings. The van der Waals surface area contributed by atoms with Gasteiger partial charge in [-0.3, -0.25) is 4.79 Å². The van der Waals surface area contributed by atoms with Crippen molar-refractivity contribution in [1.29, 1.82) is 0 Å². The van der Waals surface area contributed by atoms with Crippen molar-refractivity contribution in [2.45, 2.75) is 53.1 Å². The molecule has 0 saturated heterocycles. The fourth-order valence-corrected chi connectivity index (χ4v) is 2.85. The summed E-state index contributed by atoms with van der Waals surface area (Å²) in [5.74, 6) is 0.656. The van der Waals surface area contributed by atoms with Gasteiger partial charge in [-0.25, -0.2) is 0 Å². The normalized spacial score (nSPS) is 11.2. The van der Waals surface area contributed by atoms with Gasteiger partial charge >= 0.3 is 0 Å². The molecular formula is C23H31ClN2O3. The fraction of sp³-hybridized carbons (Fsp3) is 0.435. The molecule has 0 atom stereocenters. The predicted molar refractivity (Wildman–Crippen MR) is 119 cm³/mol. The molecule has 0 heterocycles. The Bertz CT molecular complexity index is 820. The van der Waals surface area contributed by atoms with Crippen molar-refractivity contribution in [3.63, 3.8) is 0 Å². The quantitative estimate of drug-likeness (QED) is 0.546. The van der Waals surface area contributed by atoms with Crippen LogP contribution >= 0.6 is 11.6 Å². The van der Waals surface area contributed by atoms with Crippen LogP contribution in [0.1, 0.15) is 45.2 Å². The van der Waals surface area contributed by atoms with E-state index < -0.39 is 0 Å².